The third kappa shape index (κ3) is 1.51. The first kappa shape index (κ1) is 12.7. The molecule has 0 aromatic carbocycles. The van der Waals surface area contributed by atoms with Crippen LogP contribution in [0.1, 0.15) is 27.2 Å². The summed E-state index contributed by atoms with van der Waals surface area (Å²) in [5.74, 6) is -0.772. The largest absolute Gasteiger partial charge is 0.462 e. The fourth-order valence-corrected chi connectivity index (χ4v) is 3.43. The Bertz CT molecular complexity index is 460. The highest BCUT2D eigenvalue weighted by molar-refractivity contribution is 5.86. The number of esters is 1. The third-order valence-corrected chi connectivity index (χ3v) is 4.45. The van der Waals surface area contributed by atoms with E-state index < -0.39 is 28.7 Å². The maximum atomic E-state index is 14.6. The average molecular weight is 271 g/mol. The highest BCUT2D eigenvalue weighted by atomic mass is 19.1. The Morgan fingerprint density at radius 1 is 1.53 bits per heavy atom. The number of carbonyl (C=O) groups is 2. The molecule has 1 aliphatic carbocycles. The number of rotatable bonds is 0. The van der Waals surface area contributed by atoms with Gasteiger partial charge < -0.3 is 14.4 Å². The summed E-state index contributed by atoms with van der Waals surface area (Å²) in [4.78, 5) is 25.0. The maximum absolute atomic E-state index is 14.6. The lowest BCUT2D eigenvalue weighted by Crippen LogP contribution is -2.61. The highest BCUT2D eigenvalue weighted by Crippen LogP contribution is 2.64. The summed E-state index contributed by atoms with van der Waals surface area (Å²) in [5.41, 5.74) is -3.30. The molecule has 5 nitrogen and oxygen atoms in total. The number of hydrogen-bond acceptors (Lipinski definition) is 4. The molecule has 0 bridgehead atoms. The molecule has 6 heteroatoms. The fourth-order valence-electron chi connectivity index (χ4n) is 3.43. The number of amides is 1. The zero-order valence-electron chi connectivity index (χ0n) is 11.4. The van der Waals surface area contributed by atoms with Gasteiger partial charge in [-0.05, 0) is 33.1 Å². The van der Waals surface area contributed by atoms with Gasteiger partial charge in [-0.2, -0.15) is 0 Å². The molecule has 19 heavy (non-hydrogen) atoms. The second-order valence-corrected chi connectivity index (χ2v) is 6.80. The quantitative estimate of drug-likeness (QED) is 0.627. The van der Waals surface area contributed by atoms with Crippen LogP contribution >= 0.6 is 0 Å². The number of nitrogens with zero attached hydrogens (tertiary/aromatic N) is 1. The Morgan fingerprint density at radius 2 is 2.21 bits per heavy atom. The van der Waals surface area contributed by atoms with Gasteiger partial charge in [0.25, 0.3) is 0 Å². The Morgan fingerprint density at radius 3 is 2.79 bits per heavy atom. The Kier molecular flexibility index (Phi) is 2.27. The Labute approximate surface area is 111 Å². The van der Waals surface area contributed by atoms with E-state index in [1.807, 2.05) is 0 Å². The lowest BCUT2D eigenvalue weighted by Gasteiger charge is -2.47. The lowest BCUT2D eigenvalue weighted by molar-refractivity contribution is -0.160. The predicted molar refractivity (Wildman–Crippen MR) is 63.1 cm³/mol. The van der Waals surface area contributed by atoms with Crippen LogP contribution in [0.25, 0.3) is 0 Å². The van der Waals surface area contributed by atoms with Gasteiger partial charge in [0.15, 0.2) is 0 Å². The van der Waals surface area contributed by atoms with Crippen LogP contribution in [-0.2, 0) is 14.3 Å². The van der Waals surface area contributed by atoms with E-state index in [9.17, 15) is 14.0 Å². The molecule has 0 N–H and O–H groups in total. The highest BCUT2D eigenvalue weighted by Gasteiger charge is 2.78. The molecule has 0 radical (unpaired) electrons. The van der Waals surface area contributed by atoms with Crippen LogP contribution in [0.3, 0.4) is 0 Å². The number of cyclic esters (lactones) is 1. The van der Waals surface area contributed by atoms with E-state index >= 15 is 0 Å². The van der Waals surface area contributed by atoms with Gasteiger partial charge >= 0.3 is 12.1 Å². The van der Waals surface area contributed by atoms with E-state index in [4.69, 9.17) is 9.47 Å². The van der Waals surface area contributed by atoms with Crippen molar-refractivity contribution >= 4 is 12.1 Å². The van der Waals surface area contributed by atoms with Gasteiger partial charge in [-0.25, -0.2) is 14.0 Å². The average Bonchev–Trinajstić information content (AvgIpc) is 2.66. The molecule has 2 heterocycles. The molecule has 1 amide bonds. The van der Waals surface area contributed by atoms with Crippen molar-refractivity contribution in [2.75, 3.05) is 19.7 Å². The van der Waals surface area contributed by atoms with Crippen LogP contribution in [0.5, 0.6) is 0 Å². The molecule has 0 aromatic heterocycles. The maximum Gasteiger partial charge on any atom is 0.410 e. The second-order valence-electron chi connectivity index (χ2n) is 6.80. The normalized spacial score (nSPS) is 40.3. The summed E-state index contributed by atoms with van der Waals surface area (Å²) in [6.45, 7) is 6.08. The van der Waals surface area contributed by atoms with Crippen molar-refractivity contribution in [2.45, 2.75) is 38.5 Å². The van der Waals surface area contributed by atoms with Crippen molar-refractivity contribution < 1.29 is 23.5 Å². The number of alkyl halides is 1. The van der Waals surface area contributed by atoms with Gasteiger partial charge in [0.05, 0.1) is 5.41 Å². The Balaban J connectivity index is 1.75. The Hall–Kier alpha value is -1.33. The number of ether oxygens (including phenoxy) is 2. The standard InChI is InChI=1S/C13H18FNO4/c1-11(2,3)19-10(17)15-5-8-4-13(14)9(16)18-7-12(8,13)6-15/h8H,4-7H2,1-3H3. The van der Waals surface area contributed by atoms with Gasteiger partial charge in [0.1, 0.15) is 12.2 Å². The topological polar surface area (TPSA) is 55.8 Å². The zero-order valence-corrected chi connectivity index (χ0v) is 11.4. The number of likely N-dealkylation sites (tertiary alicyclic amines) is 1. The second kappa shape index (κ2) is 3.41. The summed E-state index contributed by atoms with van der Waals surface area (Å²) >= 11 is 0. The van der Waals surface area contributed by atoms with Crippen molar-refractivity contribution in [1.29, 1.82) is 0 Å². The molecule has 2 aliphatic heterocycles. The molecular formula is C13H18FNO4. The van der Waals surface area contributed by atoms with E-state index in [1.54, 1.807) is 20.8 Å². The van der Waals surface area contributed by atoms with Gasteiger partial charge in [-0.1, -0.05) is 0 Å². The molecular weight excluding hydrogens is 253 g/mol. The van der Waals surface area contributed by atoms with Crippen LogP contribution < -0.4 is 0 Å². The van der Waals surface area contributed by atoms with Gasteiger partial charge in [-0.3, -0.25) is 0 Å². The van der Waals surface area contributed by atoms with Crippen molar-refractivity contribution in [3.63, 3.8) is 0 Å². The van der Waals surface area contributed by atoms with Crippen LogP contribution in [0.4, 0.5) is 9.18 Å². The predicted octanol–water partition coefficient (Wildman–Crippen LogP) is 1.51. The SMILES string of the molecule is CC(C)(C)OC(=O)N1CC2CC3(F)C(=O)OCC23C1. The first-order chi connectivity index (χ1) is 8.68. The fraction of sp³-hybridized carbons (Fsp3) is 0.846. The monoisotopic (exact) mass is 271 g/mol. The molecule has 1 spiro atoms. The summed E-state index contributed by atoms with van der Waals surface area (Å²) in [6, 6.07) is 0. The number of carbonyl (C=O) groups excluding carboxylic acids is 2. The van der Waals surface area contributed by atoms with Crippen molar-refractivity contribution in [3.05, 3.63) is 0 Å². The summed E-state index contributed by atoms with van der Waals surface area (Å²) in [7, 11) is 0. The zero-order chi connectivity index (χ0) is 14.1. The van der Waals surface area contributed by atoms with E-state index in [0.717, 1.165) is 0 Å². The summed E-state index contributed by atoms with van der Waals surface area (Å²) in [6.07, 6.45) is -0.288. The first-order valence-electron chi connectivity index (χ1n) is 6.52. The summed E-state index contributed by atoms with van der Waals surface area (Å²) < 4.78 is 24.7. The molecule has 1 saturated carbocycles. The van der Waals surface area contributed by atoms with Gasteiger partial charge in [0.2, 0.25) is 5.67 Å². The molecule has 3 unspecified atom stereocenters. The minimum atomic E-state index is -1.89. The third-order valence-electron chi connectivity index (χ3n) is 4.45. The number of hydrogen-bond donors (Lipinski definition) is 0. The van der Waals surface area contributed by atoms with E-state index in [2.05, 4.69) is 0 Å². The molecule has 106 valence electrons. The van der Waals surface area contributed by atoms with Crippen molar-refractivity contribution in [3.8, 4) is 0 Å². The molecule has 3 atom stereocenters. The molecule has 0 aromatic rings. The molecule has 3 rings (SSSR count). The smallest absolute Gasteiger partial charge is 0.410 e. The van der Waals surface area contributed by atoms with Crippen LogP contribution in [0.15, 0.2) is 0 Å². The van der Waals surface area contributed by atoms with E-state index in [0.29, 0.717) is 6.54 Å². The lowest BCUT2D eigenvalue weighted by atomic mass is 9.54. The van der Waals surface area contributed by atoms with Crippen LogP contribution in [0.2, 0.25) is 0 Å². The molecule has 2 saturated heterocycles. The van der Waals surface area contributed by atoms with Gasteiger partial charge in [0, 0.05) is 13.1 Å². The minimum absolute atomic E-state index is 0.00327. The van der Waals surface area contributed by atoms with Crippen LogP contribution in [0, 0.1) is 11.3 Å². The van der Waals surface area contributed by atoms with E-state index in [-0.39, 0.29) is 25.5 Å². The molecule has 3 fully saturated rings. The van der Waals surface area contributed by atoms with Crippen LogP contribution in [-0.4, -0.2) is 47.9 Å². The van der Waals surface area contributed by atoms with Gasteiger partial charge in [-0.15, -0.1) is 0 Å². The first-order valence-corrected chi connectivity index (χ1v) is 6.52. The number of halogens is 1. The van der Waals surface area contributed by atoms with Crippen molar-refractivity contribution in [1.82, 2.24) is 4.90 Å². The summed E-state index contributed by atoms with van der Waals surface area (Å²) in [5, 5.41) is 0. The van der Waals surface area contributed by atoms with Crippen molar-refractivity contribution in [2.24, 2.45) is 11.3 Å². The molecule has 3 aliphatic rings. The minimum Gasteiger partial charge on any atom is -0.462 e. The van der Waals surface area contributed by atoms with E-state index in [1.165, 1.54) is 4.90 Å².